The molecule has 0 aliphatic heterocycles. The molecule has 6 heteroatoms. The minimum Gasteiger partial charge on any atom is -0.497 e. The van der Waals surface area contributed by atoms with Gasteiger partial charge in [-0.05, 0) is 43.0 Å². The van der Waals surface area contributed by atoms with E-state index in [0.717, 1.165) is 48.1 Å². The third kappa shape index (κ3) is 6.23. The number of methoxy groups -OCH3 is 1. The van der Waals surface area contributed by atoms with E-state index < -0.39 is 6.04 Å². The van der Waals surface area contributed by atoms with E-state index in [1.807, 2.05) is 55.5 Å². The number of hydrogen-bond donors (Lipinski definition) is 1. The van der Waals surface area contributed by atoms with Crippen LogP contribution in [0.25, 0.3) is 0 Å². The number of nitrogens with zero attached hydrogens (tertiary/aromatic N) is 1. The number of carbonyl (C=O) groups excluding carboxylic acids is 2. The number of nitrogens with one attached hydrogen (secondary N) is 1. The van der Waals surface area contributed by atoms with E-state index in [1.54, 1.807) is 12.0 Å². The SMILES string of the molecule is COc1ccc(CN(C(=O)CCl)C(C(=O)NC2CCCCC2)c2ccc(C)cc2)cc1. The van der Waals surface area contributed by atoms with Crippen molar-refractivity contribution < 1.29 is 14.3 Å². The Labute approximate surface area is 189 Å². The van der Waals surface area contributed by atoms with Crippen molar-refractivity contribution in [2.75, 3.05) is 13.0 Å². The molecular weight excluding hydrogens is 412 g/mol. The first-order valence-electron chi connectivity index (χ1n) is 10.9. The number of amides is 2. The Morgan fingerprint density at radius 1 is 1.06 bits per heavy atom. The molecule has 0 radical (unpaired) electrons. The maximum Gasteiger partial charge on any atom is 0.247 e. The number of hydrogen-bond acceptors (Lipinski definition) is 3. The lowest BCUT2D eigenvalue weighted by atomic mass is 9.94. The Kier molecular flexibility index (Phi) is 8.35. The molecule has 0 spiro atoms. The van der Waals surface area contributed by atoms with Gasteiger partial charge in [0.25, 0.3) is 0 Å². The molecule has 1 atom stereocenters. The average molecular weight is 443 g/mol. The second-order valence-electron chi connectivity index (χ2n) is 8.16. The second kappa shape index (κ2) is 11.2. The molecule has 3 rings (SSSR count). The van der Waals surface area contributed by atoms with Gasteiger partial charge in [0.2, 0.25) is 11.8 Å². The minimum absolute atomic E-state index is 0.150. The van der Waals surface area contributed by atoms with E-state index >= 15 is 0 Å². The lowest BCUT2D eigenvalue weighted by Gasteiger charge is -2.33. The summed E-state index contributed by atoms with van der Waals surface area (Å²) >= 11 is 5.97. The molecule has 1 saturated carbocycles. The van der Waals surface area contributed by atoms with Crippen LogP contribution in [0.15, 0.2) is 48.5 Å². The number of halogens is 1. The van der Waals surface area contributed by atoms with Crippen LogP contribution < -0.4 is 10.1 Å². The molecule has 0 bridgehead atoms. The van der Waals surface area contributed by atoms with Crippen molar-refractivity contribution in [3.63, 3.8) is 0 Å². The van der Waals surface area contributed by atoms with Gasteiger partial charge in [-0.3, -0.25) is 9.59 Å². The third-order valence-electron chi connectivity index (χ3n) is 5.85. The van der Waals surface area contributed by atoms with Crippen LogP contribution in [0, 0.1) is 6.92 Å². The van der Waals surface area contributed by atoms with Gasteiger partial charge in [-0.2, -0.15) is 0 Å². The first-order valence-corrected chi connectivity index (χ1v) is 11.4. The van der Waals surface area contributed by atoms with E-state index in [0.29, 0.717) is 0 Å². The zero-order chi connectivity index (χ0) is 22.2. The molecule has 0 saturated heterocycles. The van der Waals surface area contributed by atoms with Crippen LogP contribution in [-0.4, -0.2) is 35.7 Å². The molecule has 1 fully saturated rings. The van der Waals surface area contributed by atoms with Crippen molar-refractivity contribution in [2.45, 2.75) is 57.7 Å². The van der Waals surface area contributed by atoms with Crippen LogP contribution in [0.1, 0.15) is 54.8 Å². The predicted molar refractivity (Wildman–Crippen MR) is 123 cm³/mol. The number of rotatable bonds is 8. The summed E-state index contributed by atoms with van der Waals surface area (Å²) in [6.07, 6.45) is 5.41. The number of aryl methyl sites for hydroxylation is 1. The molecule has 2 amide bonds. The van der Waals surface area contributed by atoms with Crippen LogP contribution in [0.4, 0.5) is 0 Å². The normalized spacial score (nSPS) is 15.2. The fourth-order valence-electron chi connectivity index (χ4n) is 4.08. The first-order chi connectivity index (χ1) is 15.0. The average Bonchev–Trinajstić information content (AvgIpc) is 2.80. The topological polar surface area (TPSA) is 58.6 Å². The Bertz CT molecular complexity index is 861. The molecule has 1 aliphatic carbocycles. The van der Waals surface area contributed by atoms with Gasteiger partial charge in [0, 0.05) is 12.6 Å². The lowest BCUT2D eigenvalue weighted by Crippen LogP contribution is -2.47. The molecule has 1 unspecified atom stereocenters. The smallest absolute Gasteiger partial charge is 0.247 e. The van der Waals surface area contributed by atoms with Gasteiger partial charge >= 0.3 is 0 Å². The van der Waals surface area contributed by atoms with Crippen LogP contribution >= 0.6 is 11.6 Å². The minimum atomic E-state index is -0.740. The maximum absolute atomic E-state index is 13.5. The molecule has 31 heavy (non-hydrogen) atoms. The van der Waals surface area contributed by atoms with Gasteiger partial charge in [-0.25, -0.2) is 0 Å². The summed E-state index contributed by atoms with van der Waals surface area (Å²) < 4.78 is 5.23. The Hall–Kier alpha value is -2.53. The summed E-state index contributed by atoms with van der Waals surface area (Å²) in [7, 11) is 1.61. The van der Waals surface area contributed by atoms with Gasteiger partial charge in [0.1, 0.15) is 17.7 Å². The van der Waals surface area contributed by atoms with E-state index in [9.17, 15) is 9.59 Å². The van der Waals surface area contributed by atoms with Crippen molar-refractivity contribution in [1.29, 1.82) is 0 Å². The highest BCUT2D eigenvalue weighted by molar-refractivity contribution is 6.27. The molecule has 0 aromatic heterocycles. The third-order valence-corrected chi connectivity index (χ3v) is 6.08. The zero-order valence-electron chi connectivity index (χ0n) is 18.3. The summed E-state index contributed by atoms with van der Waals surface area (Å²) in [6.45, 7) is 2.28. The molecule has 166 valence electrons. The highest BCUT2D eigenvalue weighted by Gasteiger charge is 2.32. The molecule has 5 nitrogen and oxygen atoms in total. The molecule has 1 N–H and O–H groups in total. The first kappa shape index (κ1) is 23.1. The van der Waals surface area contributed by atoms with E-state index in [4.69, 9.17) is 16.3 Å². The zero-order valence-corrected chi connectivity index (χ0v) is 19.0. The summed E-state index contributed by atoms with van der Waals surface area (Å²) in [5.74, 6) is 0.128. The van der Waals surface area contributed by atoms with Crippen molar-refractivity contribution in [3.8, 4) is 5.75 Å². The highest BCUT2D eigenvalue weighted by Crippen LogP contribution is 2.27. The fourth-order valence-corrected chi connectivity index (χ4v) is 4.23. The highest BCUT2D eigenvalue weighted by atomic mass is 35.5. The number of alkyl halides is 1. The van der Waals surface area contributed by atoms with Gasteiger partial charge in [0.15, 0.2) is 0 Å². The standard InChI is InChI=1S/C25H31ClN2O3/c1-18-8-12-20(13-9-18)24(25(30)27-21-6-4-3-5-7-21)28(23(29)16-26)17-19-10-14-22(31-2)15-11-19/h8-15,21,24H,3-7,16-17H2,1-2H3,(H,27,30). The Balaban J connectivity index is 1.91. The van der Waals surface area contributed by atoms with Gasteiger partial charge in [-0.1, -0.05) is 61.2 Å². The number of benzene rings is 2. The molecule has 2 aromatic rings. The van der Waals surface area contributed by atoms with E-state index in [-0.39, 0.29) is 30.3 Å². The van der Waals surface area contributed by atoms with E-state index in [2.05, 4.69) is 5.32 Å². The Morgan fingerprint density at radius 2 is 1.71 bits per heavy atom. The van der Waals surface area contributed by atoms with Gasteiger partial charge in [-0.15, -0.1) is 11.6 Å². The number of ether oxygens (including phenoxy) is 1. The quantitative estimate of drug-likeness (QED) is 0.599. The van der Waals surface area contributed by atoms with Crippen molar-refractivity contribution in [2.24, 2.45) is 0 Å². The molecule has 1 aliphatic rings. The largest absolute Gasteiger partial charge is 0.497 e. The van der Waals surface area contributed by atoms with Crippen LogP contribution in [0.3, 0.4) is 0 Å². The molecule has 2 aromatic carbocycles. The van der Waals surface area contributed by atoms with Crippen molar-refractivity contribution >= 4 is 23.4 Å². The summed E-state index contributed by atoms with van der Waals surface area (Å²) in [6, 6.07) is 14.7. The molecule has 0 heterocycles. The van der Waals surface area contributed by atoms with Crippen LogP contribution in [-0.2, 0) is 16.1 Å². The monoisotopic (exact) mass is 442 g/mol. The van der Waals surface area contributed by atoms with Crippen LogP contribution in [0.5, 0.6) is 5.75 Å². The fraction of sp³-hybridized carbons (Fsp3) is 0.440. The lowest BCUT2D eigenvalue weighted by molar-refractivity contribution is -0.140. The summed E-state index contributed by atoms with van der Waals surface area (Å²) in [5, 5.41) is 3.20. The summed E-state index contributed by atoms with van der Waals surface area (Å²) in [4.78, 5) is 28.0. The molecular formula is C25H31ClN2O3. The van der Waals surface area contributed by atoms with Crippen molar-refractivity contribution in [1.82, 2.24) is 10.2 Å². The second-order valence-corrected chi connectivity index (χ2v) is 8.43. The van der Waals surface area contributed by atoms with Crippen LogP contribution in [0.2, 0.25) is 0 Å². The predicted octanol–water partition coefficient (Wildman–Crippen LogP) is 4.76. The summed E-state index contributed by atoms with van der Waals surface area (Å²) in [5.41, 5.74) is 2.79. The van der Waals surface area contributed by atoms with Gasteiger partial charge in [0.05, 0.1) is 7.11 Å². The van der Waals surface area contributed by atoms with Crippen molar-refractivity contribution in [3.05, 3.63) is 65.2 Å². The van der Waals surface area contributed by atoms with E-state index in [1.165, 1.54) is 6.42 Å². The number of carbonyl (C=O) groups is 2. The van der Waals surface area contributed by atoms with Gasteiger partial charge < -0.3 is 15.0 Å². The maximum atomic E-state index is 13.5. The Morgan fingerprint density at radius 3 is 2.29 bits per heavy atom.